The van der Waals surface area contributed by atoms with Crippen molar-refractivity contribution >= 4 is 33.7 Å². The van der Waals surface area contributed by atoms with E-state index < -0.39 is 26.8 Å². The lowest BCUT2D eigenvalue weighted by Crippen LogP contribution is -2.30. The van der Waals surface area contributed by atoms with Crippen LogP contribution >= 0.6 is 0 Å². The molecule has 0 fully saturated rings. The fourth-order valence-corrected chi connectivity index (χ4v) is 3.75. The molecule has 2 aromatic carbocycles. The summed E-state index contributed by atoms with van der Waals surface area (Å²) in [6, 6.07) is 12.6. The Morgan fingerprint density at radius 3 is 2.42 bits per heavy atom. The van der Waals surface area contributed by atoms with Crippen molar-refractivity contribution in [3.8, 4) is 0 Å². The van der Waals surface area contributed by atoms with Crippen molar-refractivity contribution in [2.45, 2.75) is 11.8 Å². The fourth-order valence-electron chi connectivity index (χ4n) is 2.77. The number of nitro benzene ring substituents is 1. The minimum absolute atomic E-state index is 0.0389. The summed E-state index contributed by atoms with van der Waals surface area (Å²) < 4.78 is 28.3. The van der Waals surface area contributed by atoms with Gasteiger partial charge in [0.25, 0.3) is 27.5 Å². The molecular formula is C21H19N5O6S. The van der Waals surface area contributed by atoms with Gasteiger partial charge in [-0.25, -0.2) is 18.6 Å². The van der Waals surface area contributed by atoms with E-state index in [1.165, 1.54) is 53.4 Å². The maximum absolute atomic E-state index is 12.4. The van der Waals surface area contributed by atoms with E-state index in [1.54, 1.807) is 19.2 Å². The Morgan fingerprint density at radius 2 is 1.76 bits per heavy atom. The molecule has 0 radical (unpaired) electrons. The van der Waals surface area contributed by atoms with Crippen molar-refractivity contribution < 1.29 is 22.9 Å². The van der Waals surface area contributed by atoms with Crippen LogP contribution in [0, 0.1) is 17.0 Å². The molecule has 12 heteroatoms. The van der Waals surface area contributed by atoms with Gasteiger partial charge in [-0.1, -0.05) is 23.8 Å². The fraction of sp³-hybridized carbons (Fsp3) is 0.0952. The van der Waals surface area contributed by atoms with Gasteiger partial charge in [0.1, 0.15) is 0 Å². The molecule has 3 rings (SSSR count). The first-order valence-electron chi connectivity index (χ1n) is 9.45. The van der Waals surface area contributed by atoms with Crippen LogP contribution in [0.25, 0.3) is 0 Å². The molecule has 1 heterocycles. The zero-order valence-corrected chi connectivity index (χ0v) is 18.4. The zero-order chi connectivity index (χ0) is 24.2. The first-order chi connectivity index (χ1) is 15.6. The summed E-state index contributed by atoms with van der Waals surface area (Å²) in [6.45, 7) is 1.81. The molecule has 1 aromatic heterocycles. The Kier molecular flexibility index (Phi) is 6.68. The van der Waals surface area contributed by atoms with Crippen molar-refractivity contribution in [2.24, 2.45) is 12.1 Å². The molecule has 0 spiro atoms. The van der Waals surface area contributed by atoms with E-state index >= 15 is 0 Å². The second kappa shape index (κ2) is 9.44. The first kappa shape index (κ1) is 23.3. The van der Waals surface area contributed by atoms with Crippen molar-refractivity contribution in [2.75, 3.05) is 0 Å². The largest absolute Gasteiger partial charge is 0.349 e. The van der Waals surface area contributed by atoms with Gasteiger partial charge in [-0.3, -0.25) is 19.7 Å². The van der Waals surface area contributed by atoms with E-state index in [2.05, 4.69) is 10.5 Å². The molecular weight excluding hydrogens is 450 g/mol. The molecule has 0 aliphatic rings. The molecule has 2 amide bonds. The van der Waals surface area contributed by atoms with E-state index in [0.717, 1.165) is 11.6 Å². The average molecular weight is 469 g/mol. The van der Waals surface area contributed by atoms with Gasteiger partial charge in [0, 0.05) is 30.9 Å². The summed E-state index contributed by atoms with van der Waals surface area (Å²) in [6.07, 6.45) is 2.66. The number of aromatic nitrogens is 1. The molecule has 2 N–H and O–H groups in total. The average Bonchev–Trinajstić information content (AvgIpc) is 3.14. The second-order valence-electron chi connectivity index (χ2n) is 7.02. The number of sulfonamides is 1. The topological polar surface area (TPSA) is 153 Å². The molecule has 170 valence electrons. The number of nitro groups is 1. The Morgan fingerprint density at radius 1 is 1.06 bits per heavy atom. The number of rotatable bonds is 7. The molecule has 0 bridgehead atoms. The van der Waals surface area contributed by atoms with Crippen molar-refractivity contribution in [1.29, 1.82) is 0 Å². The Labute approximate surface area is 188 Å². The van der Waals surface area contributed by atoms with Crippen LogP contribution in [0.5, 0.6) is 0 Å². The quantitative estimate of drug-likeness (QED) is 0.307. The lowest BCUT2D eigenvalue weighted by Gasteiger charge is -2.06. The van der Waals surface area contributed by atoms with E-state index in [-0.39, 0.29) is 21.7 Å². The summed E-state index contributed by atoms with van der Waals surface area (Å²) in [5.41, 5.74) is 3.41. The van der Waals surface area contributed by atoms with Gasteiger partial charge in [-0.2, -0.15) is 5.10 Å². The number of nitrogens with zero attached hydrogens (tertiary/aromatic N) is 3. The lowest BCUT2D eigenvalue weighted by atomic mass is 10.2. The Hall–Kier alpha value is -4.32. The highest BCUT2D eigenvalue weighted by atomic mass is 32.2. The van der Waals surface area contributed by atoms with Crippen molar-refractivity contribution in [1.82, 2.24) is 14.7 Å². The van der Waals surface area contributed by atoms with Gasteiger partial charge in [-0.15, -0.1) is 0 Å². The predicted molar refractivity (Wildman–Crippen MR) is 119 cm³/mol. The van der Waals surface area contributed by atoms with Crippen LogP contribution in [0.3, 0.4) is 0 Å². The number of non-ortho nitro benzene ring substituents is 1. The van der Waals surface area contributed by atoms with Crippen LogP contribution in [0.2, 0.25) is 0 Å². The highest BCUT2D eigenvalue weighted by Crippen LogP contribution is 2.14. The number of aryl methyl sites for hydroxylation is 2. The smallest absolute Gasteiger partial charge is 0.271 e. The molecule has 0 atom stereocenters. The second-order valence-corrected chi connectivity index (χ2v) is 8.70. The van der Waals surface area contributed by atoms with Crippen molar-refractivity contribution in [3.05, 3.63) is 93.3 Å². The van der Waals surface area contributed by atoms with Gasteiger partial charge in [0.2, 0.25) is 0 Å². The summed E-state index contributed by atoms with van der Waals surface area (Å²) in [7, 11) is -2.44. The molecule has 0 aliphatic heterocycles. The molecule has 33 heavy (non-hydrogen) atoms. The minimum Gasteiger partial charge on any atom is -0.349 e. The standard InChI is InChI=1S/C21H19N5O6S/c1-14-6-8-19(9-7-14)33(31,32)24-21(28)16-11-18(25(2)13-16)12-22-23-20(27)15-4-3-5-17(10-15)26(29)30/h3-13H,1-2H3,(H,23,27)(H,24,28)/b22-12+. The van der Waals surface area contributed by atoms with Gasteiger partial charge in [-0.05, 0) is 31.2 Å². The minimum atomic E-state index is -4.04. The van der Waals surface area contributed by atoms with Crippen LogP contribution in [0.15, 0.2) is 70.8 Å². The Bertz CT molecular complexity index is 1360. The summed E-state index contributed by atoms with van der Waals surface area (Å²) in [5.74, 6) is -1.49. The number of carbonyl (C=O) groups excluding carboxylic acids is 2. The van der Waals surface area contributed by atoms with Crippen LogP contribution in [0.4, 0.5) is 5.69 Å². The SMILES string of the molecule is Cc1ccc(S(=O)(=O)NC(=O)c2cc(/C=N/NC(=O)c3cccc([N+](=O)[O-])c3)n(C)c2)cc1. The number of nitrogens with one attached hydrogen (secondary N) is 2. The zero-order valence-electron chi connectivity index (χ0n) is 17.6. The van der Waals surface area contributed by atoms with E-state index in [9.17, 15) is 28.1 Å². The third-order valence-electron chi connectivity index (χ3n) is 4.55. The molecule has 0 aliphatic carbocycles. The third kappa shape index (κ3) is 5.68. The van der Waals surface area contributed by atoms with E-state index in [4.69, 9.17) is 0 Å². The van der Waals surface area contributed by atoms with Gasteiger partial charge in [0.05, 0.1) is 27.3 Å². The number of amides is 2. The van der Waals surface area contributed by atoms with E-state index in [1.807, 2.05) is 11.6 Å². The highest BCUT2D eigenvalue weighted by molar-refractivity contribution is 7.90. The summed E-state index contributed by atoms with van der Waals surface area (Å²) >= 11 is 0. The van der Waals surface area contributed by atoms with Gasteiger partial charge < -0.3 is 4.57 Å². The summed E-state index contributed by atoms with van der Waals surface area (Å²) in [5, 5.41) is 14.6. The lowest BCUT2D eigenvalue weighted by molar-refractivity contribution is -0.384. The molecule has 11 nitrogen and oxygen atoms in total. The summed E-state index contributed by atoms with van der Waals surface area (Å²) in [4.78, 5) is 34.7. The van der Waals surface area contributed by atoms with E-state index in [0.29, 0.717) is 5.69 Å². The molecule has 0 unspecified atom stereocenters. The number of benzene rings is 2. The van der Waals surface area contributed by atoms with Gasteiger partial charge in [0.15, 0.2) is 0 Å². The molecule has 0 saturated carbocycles. The number of carbonyl (C=O) groups is 2. The van der Waals surface area contributed by atoms with Crippen LogP contribution in [-0.2, 0) is 17.1 Å². The van der Waals surface area contributed by atoms with Crippen LogP contribution in [0.1, 0.15) is 32.0 Å². The Balaban J connectivity index is 1.68. The maximum atomic E-state index is 12.4. The molecule has 0 saturated heterocycles. The number of hydrazone groups is 1. The predicted octanol–water partition coefficient (Wildman–Crippen LogP) is 2.12. The maximum Gasteiger partial charge on any atom is 0.271 e. The van der Waals surface area contributed by atoms with Crippen molar-refractivity contribution in [3.63, 3.8) is 0 Å². The first-order valence-corrected chi connectivity index (χ1v) is 10.9. The highest BCUT2D eigenvalue weighted by Gasteiger charge is 2.20. The van der Waals surface area contributed by atoms with Gasteiger partial charge >= 0.3 is 0 Å². The monoisotopic (exact) mass is 469 g/mol. The normalized spacial score (nSPS) is 11.3. The van der Waals surface area contributed by atoms with Crippen LogP contribution < -0.4 is 10.1 Å². The molecule has 3 aromatic rings. The number of hydrogen-bond donors (Lipinski definition) is 2. The number of hydrogen-bond acceptors (Lipinski definition) is 7. The third-order valence-corrected chi connectivity index (χ3v) is 5.89. The van der Waals surface area contributed by atoms with Crippen LogP contribution in [-0.4, -0.2) is 35.9 Å².